The molecule has 0 saturated heterocycles. The minimum atomic E-state index is -2.80. The van der Waals surface area contributed by atoms with Gasteiger partial charge in [0.25, 0.3) is 0 Å². The Labute approximate surface area is 123 Å². The average molecular weight is 299 g/mol. The molecular weight excluding hydrogens is 279 g/mol. The van der Waals surface area contributed by atoms with Crippen molar-refractivity contribution in [2.45, 2.75) is 19.5 Å². The van der Waals surface area contributed by atoms with Crippen LogP contribution in [0.5, 0.6) is 0 Å². The predicted octanol–water partition coefficient (Wildman–Crippen LogP) is 4.07. The zero-order valence-electron chi connectivity index (χ0n) is 12.3. The van der Waals surface area contributed by atoms with Crippen LogP contribution in [-0.4, -0.2) is 35.4 Å². The average Bonchev–Trinajstić information content (AvgIpc) is 2.43. The monoisotopic (exact) mass is 299 g/mol. The molecule has 0 aliphatic carbocycles. The lowest BCUT2D eigenvalue weighted by Gasteiger charge is -2.25. The van der Waals surface area contributed by atoms with Crippen LogP contribution in [0.3, 0.4) is 0 Å². The first-order valence-electron chi connectivity index (χ1n) is 6.08. The third kappa shape index (κ3) is 5.72. The number of rotatable bonds is 9. The van der Waals surface area contributed by atoms with Crippen LogP contribution in [0.25, 0.3) is 0 Å². The maximum Gasteiger partial charge on any atom is 0.319 e. The lowest BCUT2D eigenvalue weighted by molar-refractivity contribution is 0.0249. The fourth-order valence-electron chi connectivity index (χ4n) is 1.31. The summed E-state index contributed by atoms with van der Waals surface area (Å²) in [5.41, 5.74) is 0.0322. The van der Waals surface area contributed by atoms with Crippen LogP contribution in [0.4, 0.5) is 13.2 Å². The van der Waals surface area contributed by atoms with Gasteiger partial charge < -0.3 is 4.90 Å². The van der Waals surface area contributed by atoms with Crippen molar-refractivity contribution in [2.75, 3.05) is 7.05 Å². The van der Waals surface area contributed by atoms with Gasteiger partial charge in [-0.05, 0) is 19.1 Å². The molecule has 6 heteroatoms. The van der Waals surface area contributed by atoms with Gasteiger partial charge in [-0.3, -0.25) is 4.90 Å². The van der Waals surface area contributed by atoms with Crippen molar-refractivity contribution in [1.82, 2.24) is 9.80 Å². The van der Waals surface area contributed by atoms with Crippen LogP contribution in [-0.2, 0) is 0 Å². The highest BCUT2D eigenvalue weighted by Crippen LogP contribution is 2.19. The molecule has 21 heavy (non-hydrogen) atoms. The molecule has 0 spiro atoms. The summed E-state index contributed by atoms with van der Waals surface area (Å²) in [5.74, 6) is -0.635. The lowest BCUT2D eigenvalue weighted by Crippen LogP contribution is -2.30. The molecule has 0 bridgehead atoms. The van der Waals surface area contributed by atoms with E-state index in [1.165, 1.54) is 23.3 Å². The molecule has 0 aromatic heterocycles. The van der Waals surface area contributed by atoms with Gasteiger partial charge in [-0.2, -0.15) is 13.2 Å². The van der Waals surface area contributed by atoms with Crippen molar-refractivity contribution in [3.05, 3.63) is 62.3 Å². The summed E-state index contributed by atoms with van der Waals surface area (Å²) in [7, 11) is 1.58. The van der Waals surface area contributed by atoms with Gasteiger partial charge in [-0.15, -0.1) is 0 Å². The van der Waals surface area contributed by atoms with Crippen molar-refractivity contribution in [3.8, 4) is 0 Å². The second kappa shape index (κ2) is 8.84. The summed E-state index contributed by atoms with van der Waals surface area (Å²) in [6.07, 6.45) is 5.05. The Bertz CT molecular complexity index is 467. The van der Waals surface area contributed by atoms with E-state index in [2.05, 4.69) is 31.3 Å². The van der Waals surface area contributed by atoms with E-state index < -0.39 is 18.6 Å². The highest BCUT2D eigenvalue weighted by Gasteiger charge is 2.18. The van der Waals surface area contributed by atoms with Crippen molar-refractivity contribution in [3.63, 3.8) is 0 Å². The largest absolute Gasteiger partial charge is 0.370 e. The second-order valence-electron chi connectivity index (χ2n) is 4.13. The number of hydrogen-bond donors (Lipinski definition) is 0. The Morgan fingerprint density at radius 3 is 2.19 bits per heavy atom. The highest BCUT2D eigenvalue weighted by atomic mass is 19.3. The SMILES string of the molecule is C=CN=C(F)C(C)N(C)/C=C\C(=C)N(C(=C)C=C)C(F)F. The third-order valence-corrected chi connectivity index (χ3v) is 2.72. The van der Waals surface area contributed by atoms with Gasteiger partial charge in [0.05, 0.1) is 6.04 Å². The Balaban J connectivity index is 4.97. The molecule has 0 radical (unpaired) electrons. The second-order valence-corrected chi connectivity index (χ2v) is 4.13. The van der Waals surface area contributed by atoms with Crippen LogP contribution in [0.15, 0.2) is 67.3 Å². The fraction of sp³-hybridized carbons (Fsp3) is 0.267. The van der Waals surface area contributed by atoms with Crippen molar-refractivity contribution in [1.29, 1.82) is 0 Å². The molecule has 3 nitrogen and oxygen atoms in total. The van der Waals surface area contributed by atoms with Gasteiger partial charge in [0, 0.05) is 30.8 Å². The van der Waals surface area contributed by atoms with Crippen molar-refractivity contribution >= 4 is 5.97 Å². The Kier molecular flexibility index (Phi) is 7.89. The van der Waals surface area contributed by atoms with Gasteiger partial charge in [-0.1, -0.05) is 26.3 Å². The Hall–Kier alpha value is -2.24. The third-order valence-electron chi connectivity index (χ3n) is 2.72. The number of alkyl halides is 2. The summed E-state index contributed by atoms with van der Waals surface area (Å²) in [4.78, 5) is 5.52. The van der Waals surface area contributed by atoms with E-state index in [1.54, 1.807) is 14.0 Å². The molecule has 0 saturated carbocycles. The maximum absolute atomic E-state index is 13.5. The standard InChI is InChI=1S/C15H20F3N3/c1-7-11(3)21(15(17)18)12(4)9-10-20(6)13(5)14(16)19-8-2/h7-10,13,15H,1-4H2,5-6H3/b10-9-,19-14?. The smallest absolute Gasteiger partial charge is 0.319 e. The number of aliphatic imine (C=N–C) groups is 1. The molecule has 1 atom stereocenters. The first-order valence-corrected chi connectivity index (χ1v) is 6.08. The summed E-state index contributed by atoms with van der Waals surface area (Å²) in [6.45, 7) is 12.5. The minimum absolute atomic E-state index is 0.00928. The molecule has 0 aromatic carbocycles. The molecule has 0 N–H and O–H groups in total. The Morgan fingerprint density at radius 1 is 1.19 bits per heavy atom. The lowest BCUT2D eigenvalue weighted by atomic mass is 10.3. The van der Waals surface area contributed by atoms with Gasteiger partial charge in [0.1, 0.15) is 0 Å². The van der Waals surface area contributed by atoms with Gasteiger partial charge in [0.2, 0.25) is 5.97 Å². The van der Waals surface area contributed by atoms with Gasteiger partial charge in [0.15, 0.2) is 0 Å². The van der Waals surface area contributed by atoms with Crippen molar-refractivity contribution in [2.24, 2.45) is 4.99 Å². The van der Waals surface area contributed by atoms with E-state index in [0.717, 1.165) is 6.20 Å². The predicted molar refractivity (Wildman–Crippen MR) is 81.4 cm³/mol. The quantitative estimate of drug-likeness (QED) is 0.363. The molecule has 0 rings (SSSR count). The summed E-state index contributed by atoms with van der Waals surface area (Å²) in [5, 5.41) is 0. The normalized spacial score (nSPS) is 13.1. The maximum atomic E-state index is 13.5. The topological polar surface area (TPSA) is 18.8 Å². The Morgan fingerprint density at radius 2 is 1.76 bits per heavy atom. The summed E-state index contributed by atoms with van der Waals surface area (Å²) < 4.78 is 39.3. The van der Waals surface area contributed by atoms with Crippen LogP contribution in [0.2, 0.25) is 0 Å². The molecule has 0 aliphatic heterocycles. The summed E-state index contributed by atoms with van der Waals surface area (Å²) in [6, 6.07) is -0.658. The zero-order valence-corrected chi connectivity index (χ0v) is 12.3. The van der Waals surface area contributed by atoms with Crippen LogP contribution in [0.1, 0.15) is 6.92 Å². The molecule has 0 heterocycles. The molecule has 0 amide bonds. The van der Waals surface area contributed by atoms with Gasteiger partial charge >= 0.3 is 6.55 Å². The van der Waals surface area contributed by atoms with E-state index in [9.17, 15) is 13.2 Å². The van der Waals surface area contributed by atoms with Crippen LogP contribution >= 0.6 is 0 Å². The number of nitrogens with zero attached hydrogens (tertiary/aromatic N) is 3. The zero-order chi connectivity index (χ0) is 16.6. The molecule has 0 aromatic rings. The number of allylic oxidation sites excluding steroid dienone is 2. The first kappa shape index (κ1) is 18.8. The molecular formula is C15H20F3N3. The van der Waals surface area contributed by atoms with E-state index in [-0.39, 0.29) is 11.4 Å². The fourth-order valence-corrected chi connectivity index (χ4v) is 1.31. The minimum Gasteiger partial charge on any atom is -0.370 e. The first-order chi connectivity index (χ1) is 9.76. The van der Waals surface area contributed by atoms with Crippen LogP contribution in [0, 0.1) is 0 Å². The number of halogens is 3. The van der Waals surface area contributed by atoms with E-state index in [4.69, 9.17) is 0 Å². The van der Waals surface area contributed by atoms with Crippen molar-refractivity contribution < 1.29 is 13.2 Å². The molecule has 0 fully saturated rings. The van der Waals surface area contributed by atoms with Crippen LogP contribution < -0.4 is 0 Å². The molecule has 1 unspecified atom stereocenters. The van der Waals surface area contributed by atoms with E-state index >= 15 is 0 Å². The molecule has 0 aliphatic rings. The van der Waals surface area contributed by atoms with Gasteiger partial charge in [-0.25, -0.2) is 4.99 Å². The number of hydrogen-bond acceptors (Lipinski definition) is 3. The highest BCUT2D eigenvalue weighted by molar-refractivity contribution is 5.80. The van der Waals surface area contributed by atoms with E-state index in [0.29, 0.717) is 4.90 Å². The van der Waals surface area contributed by atoms with E-state index in [1.807, 2.05) is 0 Å². The summed E-state index contributed by atoms with van der Waals surface area (Å²) >= 11 is 0. The molecule has 116 valence electrons.